The summed E-state index contributed by atoms with van der Waals surface area (Å²) in [6.07, 6.45) is 45.3. The monoisotopic (exact) mass is 2220 g/mol. The van der Waals surface area contributed by atoms with Gasteiger partial charge in [-0.15, -0.1) is 0 Å². The van der Waals surface area contributed by atoms with Gasteiger partial charge in [0.1, 0.15) is 21.5 Å². The molecule has 5 aromatic rings. The van der Waals surface area contributed by atoms with Crippen molar-refractivity contribution in [2.45, 2.75) is 282 Å². The van der Waals surface area contributed by atoms with E-state index in [4.69, 9.17) is 15.7 Å². The van der Waals surface area contributed by atoms with Crippen molar-refractivity contribution >= 4 is 73.7 Å². The van der Waals surface area contributed by atoms with Gasteiger partial charge >= 0.3 is 54.5 Å². The van der Waals surface area contributed by atoms with Crippen LogP contribution in [-0.2, 0) is 51.7 Å². The molecule has 5 aromatic carbocycles. The third-order valence-electron chi connectivity index (χ3n) is 30.0. The van der Waals surface area contributed by atoms with E-state index >= 15 is 0 Å². The molecule has 5 fully saturated rings. The molecule has 4 radical (unpaired) electrons. The molecule has 8 aliphatic carbocycles. The SMILES string of the molecule is C.C.CC1=CC=C(C)C2C1CCC2[Si]1(C2CCC3C(C)=CC=C(C)C32)CCCC1.CCCC.CC[SiH](C)C[C@@](CC[Si](CC)(CC)CC)(C1CCCC1)C1C2C=C(C(C)(C)C)C=CC2C2C=CC(C(C)(C)C)=CC21.CN(C)c1ccccc1.CN(C)c1ccccc1.[B]c1c(F)c(F)c(C)c(F)c1F.[B]c1c(F)c(F)c2c(F)c(F)c(F)c(F)c2c1F.[CH3-].[CH3-].[CH3-].[CH3-].[CH3-].[CH3-].[CH3-].[CH3-].[H+].[H+].[Hf+4].[Hf+4]. The van der Waals surface area contributed by atoms with Crippen LogP contribution in [0.2, 0.25) is 66.0 Å². The van der Waals surface area contributed by atoms with Gasteiger partial charge in [0.05, 0.1) is 26.9 Å². The molecule has 14 rings (SSSR count). The number of fused-ring (bicyclic) bond motifs is 6. The standard InChI is InChI=1S/C39H68Si2.C26H38Si.C10BF7.2C8H11N.C7H3BF4.C4H10.2CH4.8CH3.2Hf/c1-12-40(11)28-39(29-18-16-17-19-29,24-25-41(13-2,14-3)15-4)36-34-26-30(37(5,6)7)20-22-32(34)33-23-21-31(27-35(33)36)38(8,9)10;1-17-7-9-19(3)25-21(17)11-13-23(25)27(15-5-6-16-27)24-14-12-22-18(2)8-10-20(4)26(22)24;11-3-4(12)1-2(5(13)8(3)16)7(15)10(18)9(17)6(1)14;2*1-9(2)8-6-4-3-5-7-8;1-2-4(9)6(11)3(8)7(12)5(2)10;1-3-4-2;;;;;;;;;;;;/h20-23,26-27,29,32-36,40H,12-19,24-25,28H2,1-11H3;7-10,21-26H,5-6,11-16H2,1-4H3;;2*3-7H,1-2H3;1H3;3-4H2,1-2H3;2*1H4;8*1H3;;/q;;;;;;;;;8*-1;2*+4/p+2/t32?,33?,34?,35?,36?,39-,40?;;;;;;;;;;;;;;;;;;/m0................../s1. The van der Waals surface area contributed by atoms with Crippen LogP contribution in [0.15, 0.2) is 155 Å². The molecule has 9 aliphatic rings. The van der Waals surface area contributed by atoms with E-state index in [1.807, 2.05) is 64.6 Å². The fraction of sp³-hybridized carbons (Fsp3) is 0.536. The van der Waals surface area contributed by atoms with Gasteiger partial charge in [-0.25, -0.2) is 48.3 Å². The second-order valence-electron chi connectivity index (χ2n) is 39.1. The van der Waals surface area contributed by atoms with Gasteiger partial charge in [0.2, 0.25) is 0 Å². The van der Waals surface area contributed by atoms with Crippen LogP contribution < -0.4 is 20.7 Å². The van der Waals surface area contributed by atoms with Gasteiger partial charge < -0.3 is 69.2 Å². The molecule has 12 atom stereocenters. The van der Waals surface area contributed by atoms with Crippen molar-refractivity contribution < 1.29 is 103 Å². The van der Waals surface area contributed by atoms with Crippen LogP contribution in [0.1, 0.15) is 218 Å². The van der Waals surface area contributed by atoms with Crippen LogP contribution in [0.25, 0.3) is 10.8 Å². The number of benzene rings is 5. The van der Waals surface area contributed by atoms with E-state index in [-0.39, 0.29) is 140 Å². The summed E-state index contributed by atoms with van der Waals surface area (Å²) in [5.74, 6) is -13.1. The van der Waals surface area contributed by atoms with Crippen LogP contribution in [0, 0.1) is 206 Å². The molecule has 2 nitrogen and oxygen atoms in total. The first-order valence-electron chi connectivity index (χ1n) is 45.2. The number of para-hydroxylation sites is 2. The van der Waals surface area contributed by atoms with E-state index in [9.17, 15) is 48.3 Å². The van der Waals surface area contributed by atoms with Gasteiger partial charge in [-0.05, 0) is 200 Å². The zero-order valence-electron chi connectivity index (χ0n) is 87.6. The van der Waals surface area contributed by atoms with E-state index in [0.29, 0.717) is 29.1 Å². The fourth-order valence-electron chi connectivity index (χ4n) is 22.4. The molecule has 20 heteroatoms. The fourth-order valence-corrected chi connectivity index (χ4v) is 36.3. The second kappa shape index (κ2) is 59.3. The molecular formula is C112H175B2F11Hf2N2Si3+2. The number of nitrogens with zero attached hydrogens (tertiary/aromatic N) is 2. The molecule has 1 saturated heterocycles. The molecule has 4 saturated carbocycles. The van der Waals surface area contributed by atoms with Gasteiger partial charge in [-0.1, -0.05) is 324 Å². The van der Waals surface area contributed by atoms with Gasteiger partial charge in [-0.2, -0.15) is 0 Å². The number of halogens is 11. The Labute approximate surface area is 849 Å². The Balaban J connectivity index is -0.000000303. The smallest absolute Gasteiger partial charge is 0.378 e. The Morgan fingerprint density at radius 2 is 0.773 bits per heavy atom. The van der Waals surface area contributed by atoms with Crippen LogP contribution in [0.5, 0.6) is 0 Å². The van der Waals surface area contributed by atoms with Crippen LogP contribution in [-0.4, -0.2) is 68.8 Å². The molecule has 734 valence electrons. The average Bonchev–Trinajstić information content (AvgIpc) is 1.56. The van der Waals surface area contributed by atoms with Gasteiger partial charge in [0.25, 0.3) is 0 Å². The minimum atomic E-state index is -2.37. The summed E-state index contributed by atoms with van der Waals surface area (Å²) in [5.41, 5.74) is 12.4. The van der Waals surface area contributed by atoms with E-state index in [0.717, 1.165) is 53.5 Å². The Morgan fingerprint density at radius 1 is 0.439 bits per heavy atom. The summed E-state index contributed by atoms with van der Waals surface area (Å²) >= 11 is 0. The predicted molar refractivity (Wildman–Crippen MR) is 564 cm³/mol. The topological polar surface area (TPSA) is 6.48 Å². The molecule has 0 spiro atoms. The number of rotatable bonds is 16. The van der Waals surface area contributed by atoms with Gasteiger partial charge in [0, 0.05) is 53.9 Å². The third kappa shape index (κ3) is 30.3. The van der Waals surface area contributed by atoms with Crippen molar-refractivity contribution in [1.29, 1.82) is 0 Å². The number of unbranched alkanes of at least 4 members (excludes halogenated alkanes) is 1. The van der Waals surface area contributed by atoms with Crippen molar-refractivity contribution in [3.63, 3.8) is 0 Å². The molecular weight excluding hydrogens is 2050 g/mol. The molecule has 0 amide bonds. The molecule has 0 aromatic heterocycles. The van der Waals surface area contributed by atoms with Crippen molar-refractivity contribution in [3.05, 3.63) is 284 Å². The quantitative estimate of drug-likeness (QED) is 0.0319. The van der Waals surface area contributed by atoms with Crippen LogP contribution in [0.3, 0.4) is 0 Å². The van der Waals surface area contributed by atoms with Gasteiger partial charge in [0.15, 0.2) is 58.2 Å². The van der Waals surface area contributed by atoms with E-state index < -0.39 is 116 Å². The molecule has 0 bridgehead atoms. The minimum Gasteiger partial charge on any atom is -0.378 e. The van der Waals surface area contributed by atoms with E-state index in [2.05, 4.69) is 212 Å². The van der Waals surface area contributed by atoms with Crippen molar-refractivity contribution in [3.8, 4) is 0 Å². The summed E-state index contributed by atoms with van der Waals surface area (Å²) in [4.78, 5) is 4.17. The third-order valence-corrected chi connectivity index (χ3v) is 45.4. The Hall–Kier alpha value is -4.37. The first-order chi connectivity index (χ1) is 56.5. The zero-order chi connectivity index (χ0) is 89.0. The molecule has 11 unspecified atom stereocenters. The van der Waals surface area contributed by atoms with Crippen molar-refractivity contribution in [2.75, 3.05) is 38.0 Å². The first kappa shape index (κ1) is 136. The summed E-state index contributed by atoms with van der Waals surface area (Å²) in [7, 11) is 14.4. The number of allylic oxidation sites excluding steroid dienone is 16. The normalized spacial score (nSPS) is 22.3. The predicted octanol–water partition coefficient (Wildman–Crippen LogP) is 34.3. The average molecular weight is 2220 g/mol. The van der Waals surface area contributed by atoms with E-state index in [1.165, 1.54) is 86.9 Å². The van der Waals surface area contributed by atoms with Crippen LogP contribution in [0.4, 0.5) is 59.7 Å². The summed E-state index contributed by atoms with van der Waals surface area (Å²) < 4.78 is 142. The molecule has 1 heterocycles. The van der Waals surface area contributed by atoms with Crippen molar-refractivity contribution in [1.82, 2.24) is 0 Å². The number of anilines is 2. The second-order valence-corrected chi connectivity index (χ2v) is 53.1. The minimum absolute atomic E-state index is 0. The van der Waals surface area contributed by atoms with E-state index in [1.54, 1.807) is 89.7 Å². The van der Waals surface area contributed by atoms with Crippen molar-refractivity contribution in [2.24, 2.45) is 75.4 Å². The summed E-state index contributed by atoms with van der Waals surface area (Å²) in [5, 5.41) is -3.25. The maximum absolute atomic E-state index is 13.4. The maximum atomic E-state index is 13.4. The summed E-state index contributed by atoms with van der Waals surface area (Å²) in [6.45, 7) is 42.6. The molecule has 0 N–H and O–H groups in total. The largest absolute Gasteiger partial charge is 4.00 e. The zero-order valence-corrected chi connectivity index (χ0v) is 95.9. The van der Waals surface area contributed by atoms with Gasteiger partial charge in [-0.3, -0.25) is 0 Å². The Kier molecular flexibility index (Phi) is 61.1. The number of hydrogen-bond acceptors (Lipinski definition) is 2. The Bertz CT molecular complexity index is 4180. The van der Waals surface area contributed by atoms with Crippen LogP contribution >= 0.6 is 0 Å². The first-order valence-corrected chi connectivity index (χ1v) is 53.3. The molecule has 1 aliphatic heterocycles. The summed E-state index contributed by atoms with van der Waals surface area (Å²) in [6, 6.07) is 32.9. The Morgan fingerprint density at radius 3 is 1.10 bits per heavy atom. The molecule has 132 heavy (non-hydrogen) atoms. The maximum Gasteiger partial charge on any atom is 4.00 e. The number of hydrogen-bond donors (Lipinski definition) is 0.